The van der Waals surface area contributed by atoms with Gasteiger partial charge in [0, 0.05) is 0 Å². The molecule has 1 aromatic carbocycles. The SMILES string of the molecule is Fc1cnn(-c2ccc(OCc3ccccc3)cn2)c1. The van der Waals surface area contributed by atoms with Crippen LogP contribution < -0.4 is 4.74 Å². The highest BCUT2D eigenvalue weighted by molar-refractivity contribution is 5.28. The van der Waals surface area contributed by atoms with Crippen molar-refractivity contribution in [3.8, 4) is 11.6 Å². The minimum absolute atomic E-state index is 0.392. The van der Waals surface area contributed by atoms with Crippen LogP contribution >= 0.6 is 0 Å². The van der Waals surface area contributed by atoms with E-state index in [2.05, 4.69) is 10.1 Å². The van der Waals surface area contributed by atoms with Crippen LogP contribution in [0.15, 0.2) is 61.1 Å². The van der Waals surface area contributed by atoms with Gasteiger partial charge < -0.3 is 4.74 Å². The third-order valence-corrected chi connectivity index (χ3v) is 2.75. The largest absolute Gasteiger partial charge is 0.487 e. The Balaban J connectivity index is 1.67. The maximum atomic E-state index is 12.9. The highest BCUT2D eigenvalue weighted by atomic mass is 19.1. The van der Waals surface area contributed by atoms with E-state index in [1.54, 1.807) is 18.3 Å². The number of hydrogen-bond acceptors (Lipinski definition) is 3. The summed E-state index contributed by atoms with van der Waals surface area (Å²) in [6.07, 6.45) is 4.01. The van der Waals surface area contributed by atoms with Gasteiger partial charge in [0.2, 0.25) is 0 Å². The van der Waals surface area contributed by atoms with E-state index in [9.17, 15) is 4.39 Å². The number of nitrogens with zero attached hydrogens (tertiary/aromatic N) is 3. The molecule has 0 bridgehead atoms. The van der Waals surface area contributed by atoms with E-state index >= 15 is 0 Å². The first kappa shape index (κ1) is 12.3. The standard InChI is InChI=1S/C15H12FN3O/c16-13-8-18-19(10-13)15-7-6-14(9-17-15)20-11-12-4-2-1-3-5-12/h1-10H,11H2. The molecule has 0 atom stereocenters. The fourth-order valence-electron chi connectivity index (χ4n) is 1.76. The summed E-state index contributed by atoms with van der Waals surface area (Å²) in [5.74, 6) is 0.808. The molecule has 20 heavy (non-hydrogen) atoms. The number of benzene rings is 1. The topological polar surface area (TPSA) is 39.9 Å². The molecule has 0 aliphatic rings. The summed E-state index contributed by atoms with van der Waals surface area (Å²) in [4.78, 5) is 4.18. The number of pyridine rings is 1. The van der Waals surface area contributed by atoms with E-state index in [1.165, 1.54) is 10.9 Å². The van der Waals surface area contributed by atoms with Gasteiger partial charge in [-0.15, -0.1) is 0 Å². The lowest BCUT2D eigenvalue weighted by Gasteiger charge is -2.06. The molecule has 5 heteroatoms. The van der Waals surface area contributed by atoms with Crippen LogP contribution in [0.25, 0.3) is 5.82 Å². The van der Waals surface area contributed by atoms with E-state index < -0.39 is 5.82 Å². The molecule has 4 nitrogen and oxygen atoms in total. The van der Waals surface area contributed by atoms with Gasteiger partial charge in [0.05, 0.1) is 18.6 Å². The number of halogens is 1. The van der Waals surface area contributed by atoms with Crippen molar-refractivity contribution in [1.29, 1.82) is 0 Å². The van der Waals surface area contributed by atoms with Crippen molar-refractivity contribution in [3.63, 3.8) is 0 Å². The third kappa shape index (κ3) is 2.83. The highest BCUT2D eigenvalue weighted by Gasteiger charge is 2.02. The third-order valence-electron chi connectivity index (χ3n) is 2.75. The van der Waals surface area contributed by atoms with Crippen molar-refractivity contribution in [3.05, 3.63) is 72.4 Å². The summed E-state index contributed by atoms with van der Waals surface area (Å²) in [6.45, 7) is 0.484. The molecule has 100 valence electrons. The molecule has 3 rings (SSSR count). The Hall–Kier alpha value is -2.69. The Morgan fingerprint density at radius 2 is 1.90 bits per heavy atom. The second kappa shape index (κ2) is 5.52. The molecule has 0 radical (unpaired) electrons. The van der Waals surface area contributed by atoms with Crippen LogP contribution in [0.3, 0.4) is 0 Å². The van der Waals surface area contributed by atoms with E-state index in [-0.39, 0.29) is 0 Å². The first-order chi connectivity index (χ1) is 9.81. The van der Waals surface area contributed by atoms with Gasteiger partial charge >= 0.3 is 0 Å². The lowest BCUT2D eigenvalue weighted by molar-refractivity contribution is 0.305. The second-order valence-electron chi connectivity index (χ2n) is 4.23. The van der Waals surface area contributed by atoms with E-state index in [1.807, 2.05) is 30.3 Å². The Bertz CT molecular complexity index is 680. The van der Waals surface area contributed by atoms with Crippen molar-refractivity contribution in [2.45, 2.75) is 6.61 Å². The fourth-order valence-corrected chi connectivity index (χ4v) is 1.76. The summed E-state index contributed by atoms with van der Waals surface area (Å²) in [5, 5.41) is 3.85. The van der Waals surface area contributed by atoms with Gasteiger partial charge in [-0.25, -0.2) is 14.1 Å². The number of rotatable bonds is 4. The van der Waals surface area contributed by atoms with Crippen LogP contribution in [0.1, 0.15) is 5.56 Å². The maximum Gasteiger partial charge on any atom is 0.161 e. The van der Waals surface area contributed by atoms with Gasteiger partial charge in [0.15, 0.2) is 11.6 Å². The second-order valence-corrected chi connectivity index (χ2v) is 4.23. The zero-order chi connectivity index (χ0) is 13.8. The molecule has 0 spiro atoms. The summed E-state index contributed by atoms with van der Waals surface area (Å²) in [5.41, 5.74) is 1.09. The first-order valence-electron chi connectivity index (χ1n) is 6.14. The minimum atomic E-state index is -0.392. The quantitative estimate of drug-likeness (QED) is 0.731. The summed E-state index contributed by atoms with van der Waals surface area (Å²) < 4.78 is 19.9. The number of hydrogen-bond donors (Lipinski definition) is 0. The number of ether oxygens (including phenoxy) is 1. The van der Waals surface area contributed by atoms with E-state index in [4.69, 9.17) is 4.74 Å². The van der Waals surface area contributed by atoms with Crippen LogP contribution in [0.2, 0.25) is 0 Å². The average molecular weight is 269 g/mol. The summed E-state index contributed by atoms with van der Waals surface area (Å²) >= 11 is 0. The smallest absolute Gasteiger partial charge is 0.161 e. The molecule has 0 fully saturated rings. The van der Waals surface area contributed by atoms with Gasteiger partial charge in [-0.1, -0.05) is 30.3 Å². The normalized spacial score (nSPS) is 10.4. The van der Waals surface area contributed by atoms with Crippen LogP contribution in [-0.4, -0.2) is 14.8 Å². The van der Waals surface area contributed by atoms with Crippen LogP contribution in [0.5, 0.6) is 5.75 Å². The molecular weight excluding hydrogens is 257 g/mol. The van der Waals surface area contributed by atoms with Gasteiger partial charge in [-0.2, -0.15) is 5.10 Å². The molecule has 0 unspecified atom stereocenters. The molecule has 0 saturated heterocycles. The average Bonchev–Trinajstić information content (AvgIpc) is 2.93. The van der Waals surface area contributed by atoms with Crippen LogP contribution in [0, 0.1) is 5.82 Å². The monoisotopic (exact) mass is 269 g/mol. The van der Waals surface area contributed by atoms with Crippen molar-refractivity contribution < 1.29 is 9.13 Å². The van der Waals surface area contributed by atoms with Gasteiger partial charge in [-0.3, -0.25) is 0 Å². The van der Waals surface area contributed by atoms with E-state index in [0.717, 1.165) is 11.8 Å². The molecule has 0 saturated carbocycles. The summed E-state index contributed by atoms with van der Waals surface area (Å²) in [6, 6.07) is 13.4. The molecule has 3 aromatic rings. The maximum absolute atomic E-state index is 12.9. The Morgan fingerprint density at radius 3 is 2.55 bits per heavy atom. The molecule has 0 N–H and O–H groups in total. The Morgan fingerprint density at radius 1 is 1.05 bits per heavy atom. The van der Waals surface area contributed by atoms with E-state index in [0.29, 0.717) is 18.2 Å². The van der Waals surface area contributed by atoms with Crippen LogP contribution in [0.4, 0.5) is 4.39 Å². The molecule has 0 amide bonds. The first-order valence-corrected chi connectivity index (χ1v) is 6.14. The minimum Gasteiger partial charge on any atom is -0.487 e. The lowest BCUT2D eigenvalue weighted by atomic mass is 10.2. The van der Waals surface area contributed by atoms with Crippen molar-refractivity contribution in [1.82, 2.24) is 14.8 Å². The summed E-state index contributed by atoms with van der Waals surface area (Å²) in [7, 11) is 0. The van der Waals surface area contributed by atoms with Gasteiger partial charge in [-0.05, 0) is 17.7 Å². The zero-order valence-electron chi connectivity index (χ0n) is 10.6. The molecule has 2 aromatic heterocycles. The Kier molecular flexibility index (Phi) is 3.41. The Labute approximate surface area is 115 Å². The van der Waals surface area contributed by atoms with Crippen molar-refractivity contribution >= 4 is 0 Å². The molecule has 0 aliphatic heterocycles. The molecule has 0 aliphatic carbocycles. The van der Waals surface area contributed by atoms with Gasteiger partial charge in [0.25, 0.3) is 0 Å². The fraction of sp³-hybridized carbons (Fsp3) is 0.0667. The van der Waals surface area contributed by atoms with Gasteiger partial charge in [0.1, 0.15) is 12.4 Å². The zero-order valence-corrected chi connectivity index (χ0v) is 10.6. The molecular formula is C15H12FN3O. The predicted octanol–water partition coefficient (Wildman–Crippen LogP) is 2.99. The highest BCUT2D eigenvalue weighted by Crippen LogP contribution is 2.13. The van der Waals surface area contributed by atoms with Crippen molar-refractivity contribution in [2.75, 3.05) is 0 Å². The number of aromatic nitrogens is 3. The van der Waals surface area contributed by atoms with Crippen LogP contribution in [-0.2, 0) is 6.61 Å². The molecule has 2 heterocycles. The lowest BCUT2D eigenvalue weighted by Crippen LogP contribution is -1.99. The predicted molar refractivity (Wildman–Crippen MR) is 72.1 cm³/mol. The van der Waals surface area contributed by atoms with Crippen molar-refractivity contribution in [2.24, 2.45) is 0 Å².